The molecular weight excluding hydrogens is 634 g/mol. The molecule has 9 nitrogen and oxygen atoms in total. The summed E-state index contributed by atoms with van der Waals surface area (Å²) in [5.41, 5.74) is 8.80. The second-order valence-corrected chi connectivity index (χ2v) is 11.6. The highest BCUT2D eigenvalue weighted by atomic mass is 35.5. The van der Waals surface area contributed by atoms with Crippen LogP contribution in [0.5, 0.6) is 5.75 Å². The summed E-state index contributed by atoms with van der Waals surface area (Å²) in [6.45, 7) is -1.09. The normalized spacial score (nSPS) is 12.6. The Kier molecular flexibility index (Phi) is 9.07. The summed E-state index contributed by atoms with van der Waals surface area (Å²) in [5, 5.41) is 9.74. The molecule has 0 bridgehead atoms. The lowest BCUT2D eigenvalue weighted by atomic mass is 10.0. The Balaban J connectivity index is 1.30. The molecule has 0 heterocycles. The van der Waals surface area contributed by atoms with Gasteiger partial charge in [0.1, 0.15) is 12.2 Å². The van der Waals surface area contributed by atoms with Crippen molar-refractivity contribution < 1.29 is 38.5 Å². The van der Waals surface area contributed by atoms with Crippen molar-refractivity contribution in [1.82, 2.24) is 0 Å². The van der Waals surface area contributed by atoms with Gasteiger partial charge in [0.05, 0.1) is 10.6 Å². The van der Waals surface area contributed by atoms with E-state index in [0.717, 1.165) is 23.1 Å². The molecule has 0 saturated heterocycles. The number of carboxylic acids is 1. The van der Waals surface area contributed by atoms with Crippen molar-refractivity contribution in [1.29, 1.82) is 0 Å². The Hall–Kier alpha value is -5.77. The van der Waals surface area contributed by atoms with E-state index >= 15 is 0 Å². The summed E-state index contributed by atoms with van der Waals surface area (Å²) in [7, 11) is 0. The zero-order chi connectivity index (χ0) is 33.8. The van der Waals surface area contributed by atoms with Gasteiger partial charge < -0.3 is 19.3 Å². The molecule has 3 N–H and O–H groups in total. The van der Waals surface area contributed by atoms with Crippen LogP contribution in [0.2, 0.25) is 5.02 Å². The van der Waals surface area contributed by atoms with Gasteiger partial charge in [0, 0.05) is 11.1 Å². The number of ether oxygens (including phenoxy) is 3. The summed E-state index contributed by atoms with van der Waals surface area (Å²) in [5.74, 6) is -4.42. The van der Waals surface area contributed by atoms with Gasteiger partial charge in [-0.2, -0.15) is 0 Å². The molecule has 5 aromatic rings. The Morgan fingerprint density at radius 2 is 1.35 bits per heavy atom. The van der Waals surface area contributed by atoms with Crippen molar-refractivity contribution >= 4 is 35.3 Å². The van der Waals surface area contributed by atoms with E-state index < -0.39 is 41.8 Å². The SMILES string of the molecule is NC(COC(=O)c1ccccc1)(Oc1c(Cl)cc(C(=O)c2ccccc2)cc1C(=O)OCc1ccc2c(c1)-c1ccccc1C2)C(=O)O. The highest BCUT2D eigenvalue weighted by Gasteiger charge is 2.41. The number of benzene rings is 5. The molecule has 1 aliphatic rings. The van der Waals surface area contributed by atoms with Gasteiger partial charge in [-0.1, -0.05) is 96.5 Å². The fraction of sp³-hybridized carbons (Fsp3) is 0.105. The van der Waals surface area contributed by atoms with Gasteiger partial charge in [-0.3, -0.25) is 10.5 Å². The molecule has 0 fully saturated rings. The molecule has 1 aliphatic carbocycles. The molecule has 5 aromatic carbocycles. The van der Waals surface area contributed by atoms with Crippen LogP contribution in [0.15, 0.2) is 115 Å². The molecule has 0 amide bonds. The second kappa shape index (κ2) is 13.5. The van der Waals surface area contributed by atoms with Gasteiger partial charge in [0.2, 0.25) is 0 Å². The maximum absolute atomic E-state index is 13.7. The first-order valence-corrected chi connectivity index (χ1v) is 15.2. The number of aliphatic carboxylic acids is 1. The summed E-state index contributed by atoms with van der Waals surface area (Å²) in [6, 6.07) is 32.5. The summed E-state index contributed by atoms with van der Waals surface area (Å²) in [6.07, 6.45) is 0.804. The third-order valence-corrected chi connectivity index (χ3v) is 8.15. The number of nitrogens with two attached hydrogens (primary N) is 1. The lowest BCUT2D eigenvalue weighted by Crippen LogP contribution is -2.57. The summed E-state index contributed by atoms with van der Waals surface area (Å²) in [4.78, 5) is 52.0. The number of fused-ring (bicyclic) bond motifs is 3. The van der Waals surface area contributed by atoms with Crippen molar-refractivity contribution in [3.05, 3.63) is 159 Å². The molecule has 240 valence electrons. The van der Waals surface area contributed by atoms with Crippen molar-refractivity contribution in [3.8, 4) is 16.9 Å². The number of hydrogen-bond donors (Lipinski definition) is 2. The quantitative estimate of drug-likeness (QED) is 0.0907. The van der Waals surface area contributed by atoms with Crippen molar-refractivity contribution in [3.63, 3.8) is 0 Å². The topological polar surface area (TPSA) is 142 Å². The van der Waals surface area contributed by atoms with E-state index in [0.29, 0.717) is 11.1 Å². The minimum absolute atomic E-state index is 0.0214. The zero-order valence-corrected chi connectivity index (χ0v) is 26.1. The standard InChI is InChI=1S/C38H28ClNO8/c39-32-20-28(33(41)24-9-3-1-4-10-24)19-31(34(32)48-38(40,37(44)45)22-47-35(42)25-11-5-2-6-12-25)36(43)46-21-23-15-16-27-18-26-13-7-8-14-29(26)30(27)17-23/h1-17,19-20H,18,21-22,40H2,(H,44,45). The van der Waals surface area contributed by atoms with Crippen LogP contribution in [-0.2, 0) is 27.3 Å². The molecule has 6 rings (SSSR count). The van der Waals surface area contributed by atoms with Gasteiger partial charge in [0.15, 0.2) is 18.1 Å². The van der Waals surface area contributed by atoms with Crippen LogP contribution in [-0.4, -0.2) is 41.1 Å². The average molecular weight is 662 g/mol. The van der Waals surface area contributed by atoms with Crippen LogP contribution >= 0.6 is 11.6 Å². The number of rotatable bonds is 11. The smallest absolute Gasteiger partial charge is 0.367 e. The molecule has 10 heteroatoms. The fourth-order valence-corrected chi connectivity index (χ4v) is 5.63. The predicted molar refractivity (Wildman–Crippen MR) is 177 cm³/mol. The maximum Gasteiger partial charge on any atom is 0.367 e. The molecule has 0 radical (unpaired) electrons. The van der Waals surface area contributed by atoms with E-state index in [1.54, 1.807) is 48.5 Å². The highest BCUT2D eigenvalue weighted by molar-refractivity contribution is 6.33. The van der Waals surface area contributed by atoms with Crippen LogP contribution < -0.4 is 10.5 Å². The largest absolute Gasteiger partial charge is 0.477 e. The minimum Gasteiger partial charge on any atom is -0.477 e. The van der Waals surface area contributed by atoms with Gasteiger partial charge in [-0.15, -0.1) is 0 Å². The number of carbonyl (C=O) groups is 4. The minimum atomic E-state index is -2.68. The molecule has 48 heavy (non-hydrogen) atoms. The molecule has 0 aliphatic heterocycles. The first kappa shape index (κ1) is 32.2. The third kappa shape index (κ3) is 6.69. The zero-order valence-electron chi connectivity index (χ0n) is 25.4. The van der Waals surface area contributed by atoms with Crippen LogP contribution in [0.1, 0.15) is 53.3 Å². The Bertz CT molecular complexity index is 2050. The Morgan fingerprint density at radius 3 is 2.06 bits per heavy atom. The number of ketones is 1. The average Bonchev–Trinajstić information content (AvgIpc) is 3.48. The highest BCUT2D eigenvalue weighted by Crippen LogP contribution is 2.38. The van der Waals surface area contributed by atoms with Gasteiger partial charge >= 0.3 is 17.9 Å². The van der Waals surface area contributed by atoms with Crippen molar-refractivity contribution in [2.75, 3.05) is 6.61 Å². The maximum atomic E-state index is 13.7. The van der Waals surface area contributed by atoms with Crippen LogP contribution in [0.4, 0.5) is 0 Å². The number of esters is 2. The first-order valence-electron chi connectivity index (χ1n) is 14.9. The molecule has 1 atom stereocenters. The van der Waals surface area contributed by atoms with E-state index in [2.05, 4.69) is 6.07 Å². The lowest BCUT2D eigenvalue weighted by molar-refractivity contribution is -0.158. The van der Waals surface area contributed by atoms with Crippen molar-refractivity contribution in [2.24, 2.45) is 5.73 Å². The van der Waals surface area contributed by atoms with Gasteiger partial charge in [-0.05, 0) is 64.6 Å². The van der Waals surface area contributed by atoms with E-state index in [1.165, 1.54) is 29.8 Å². The first-order chi connectivity index (χ1) is 23.1. The molecule has 0 spiro atoms. The third-order valence-electron chi connectivity index (χ3n) is 7.87. The molecule has 1 unspecified atom stereocenters. The summed E-state index contributed by atoms with van der Waals surface area (Å²) < 4.78 is 16.5. The second-order valence-electron chi connectivity index (χ2n) is 11.2. The Morgan fingerprint density at radius 1 is 0.708 bits per heavy atom. The van der Waals surface area contributed by atoms with Crippen LogP contribution in [0.3, 0.4) is 0 Å². The Labute approximate surface area is 280 Å². The van der Waals surface area contributed by atoms with Crippen molar-refractivity contribution in [2.45, 2.75) is 18.8 Å². The van der Waals surface area contributed by atoms with E-state index in [9.17, 15) is 24.3 Å². The number of carbonyl (C=O) groups excluding carboxylic acids is 3. The monoisotopic (exact) mass is 661 g/mol. The van der Waals surface area contributed by atoms with E-state index in [-0.39, 0.29) is 28.3 Å². The fourth-order valence-electron chi connectivity index (χ4n) is 5.37. The lowest BCUT2D eigenvalue weighted by Gasteiger charge is -2.27. The van der Waals surface area contributed by atoms with E-state index in [4.69, 9.17) is 31.5 Å². The summed E-state index contributed by atoms with van der Waals surface area (Å²) >= 11 is 6.57. The van der Waals surface area contributed by atoms with Crippen LogP contribution in [0, 0.1) is 0 Å². The van der Waals surface area contributed by atoms with E-state index in [1.807, 2.05) is 36.4 Å². The van der Waals surface area contributed by atoms with Gasteiger partial charge in [0.25, 0.3) is 5.72 Å². The number of hydrogen-bond acceptors (Lipinski definition) is 8. The molecule has 0 saturated carbocycles. The van der Waals surface area contributed by atoms with Crippen LogP contribution in [0.25, 0.3) is 11.1 Å². The predicted octanol–water partition coefficient (Wildman–Crippen LogP) is 6.47. The molecule has 0 aromatic heterocycles. The molecular formula is C38H28ClNO8. The number of halogens is 1. The number of carboxylic acid groups (broad SMARTS) is 1. The van der Waals surface area contributed by atoms with Gasteiger partial charge in [-0.25, -0.2) is 14.4 Å².